The highest BCUT2D eigenvalue weighted by Crippen LogP contribution is 2.29. The van der Waals surface area contributed by atoms with E-state index in [0.717, 1.165) is 44.1 Å². The fourth-order valence-corrected chi connectivity index (χ4v) is 2.29. The largest absolute Gasteiger partial charge is 0.493 e. The molecular weight excluding hydrogens is 320 g/mol. The summed E-state index contributed by atoms with van der Waals surface area (Å²) in [6, 6.07) is 5.68. The lowest BCUT2D eigenvalue weighted by atomic mass is 10.2. The van der Waals surface area contributed by atoms with Gasteiger partial charge in [0.1, 0.15) is 12.7 Å². The van der Waals surface area contributed by atoms with Crippen molar-refractivity contribution in [2.75, 3.05) is 32.6 Å². The Morgan fingerprint density at radius 2 is 1.88 bits per heavy atom. The van der Waals surface area contributed by atoms with Crippen molar-refractivity contribution < 1.29 is 9.47 Å². The molecule has 1 aromatic heterocycles. The number of methoxy groups -OCH3 is 2. The summed E-state index contributed by atoms with van der Waals surface area (Å²) in [7, 11) is 3.24. The smallest absolute Gasteiger partial charge is 0.195 e. The molecule has 25 heavy (non-hydrogen) atoms. The Morgan fingerprint density at radius 3 is 2.56 bits per heavy atom. The number of rotatable bonds is 9. The number of anilines is 1. The van der Waals surface area contributed by atoms with Gasteiger partial charge in [0, 0.05) is 31.4 Å². The fourth-order valence-electron chi connectivity index (χ4n) is 2.29. The average Bonchev–Trinajstić information content (AvgIpc) is 3.14. The van der Waals surface area contributed by atoms with E-state index in [0.29, 0.717) is 11.5 Å². The third-order valence-corrected chi connectivity index (χ3v) is 3.55. The van der Waals surface area contributed by atoms with Gasteiger partial charge in [-0.15, -0.1) is 10.2 Å². The van der Waals surface area contributed by atoms with Crippen LogP contribution in [0, 0.1) is 0 Å². The Labute approximate surface area is 148 Å². The Balaban J connectivity index is 1.88. The van der Waals surface area contributed by atoms with Crippen LogP contribution in [0.15, 0.2) is 35.8 Å². The van der Waals surface area contributed by atoms with Crippen molar-refractivity contribution in [2.24, 2.45) is 4.99 Å². The second-order valence-electron chi connectivity index (χ2n) is 5.36. The van der Waals surface area contributed by atoms with Crippen LogP contribution in [-0.4, -0.2) is 48.0 Å². The van der Waals surface area contributed by atoms with Crippen LogP contribution in [0.4, 0.5) is 5.69 Å². The molecule has 2 N–H and O–H groups in total. The average molecular weight is 346 g/mol. The Morgan fingerprint density at radius 1 is 1.12 bits per heavy atom. The first-order chi connectivity index (χ1) is 12.3. The third kappa shape index (κ3) is 5.98. The number of aromatic nitrogens is 3. The molecule has 0 aliphatic rings. The second-order valence-corrected chi connectivity index (χ2v) is 5.36. The first-order valence-electron chi connectivity index (χ1n) is 8.36. The van der Waals surface area contributed by atoms with Gasteiger partial charge in [-0.3, -0.25) is 4.99 Å². The van der Waals surface area contributed by atoms with Crippen molar-refractivity contribution in [1.82, 2.24) is 20.1 Å². The predicted molar refractivity (Wildman–Crippen MR) is 98.4 cm³/mol. The van der Waals surface area contributed by atoms with Crippen molar-refractivity contribution >= 4 is 11.6 Å². The fraction of sp³-hybridized carbons (Fsp3) is 0.471. The second kappa shape index (κ2) is 10.2. The van der Waals surface area contributed by atoms with Gasteiger partial charge in [0.2, 0.25) is 0 Å². The highest BCUT2D eigenvalue weighted by molar-refractivity contribution is 5.93. The van der Waals surface area contributed by atoms with Gasteiger partial charge in [-0.05, 0) is 31.9 Å². The van der Waals surface area contributed by atoms with Gasteiger partial charge in [-0.1, -0.05) is 0 Å². The summed E-state index contributed by atoms with van der Waals surface area (Å²) in [6.45, 7) is 4.48. The summed E-state index contributed by atoms with van der Waals surface area (Å²) >= 11 is 0. The summed E-state index contributed by atoms with van der Waals surface area (Å²) in [4.78, 5) is 4.61. The quantitative estimate of drug-likeness (QED) is 0.411. The topological polar surface area (TPSA) is 85.6 Å². The van der Waals surface area contributed by atoms with E-state index in [1.54, 1.807) is 26.9 Å². The molecule has 136 valence electrons. The number of nitrogens with zero attached hydrogens (tertiary/aromatic N) is 4. The van der Waals surface area contributed by atoms with Crippen LogP contribution in [0.5, 0.6) is 11.5 Å². The normalized spacial score (nSPS) is 11.2. The standard InChI is InChI=1S/C17H26N6O2/c1-4-18-17(19-9-5-6-10-23-12-20-21-13-23)22-14-7-8-15(24-2)16(11-14)25-3/h7-8,11-13H,4-6,9-10H2,1-3H3,(H2,18,19,22). The summed E-state index contributed by atoms with van der Waals surface area (Å²) < 4.78 is 12.6. The van der Waals surface area contributed by atoms with Crippen molar-refractivity contribution in [2.45, 2.75) is 26.3 Å². The molecule has 2 aromatic rings. The number of nitrogens with one attached hydrogen (secondary N) is 2. The lowest BCUT2D eigenvalue weighted by molar-refractivity contribution is 0.355. The van der Waals surface area contributed by atoms with E-state index in [-0.39, 0.29) is 0 Å². The number of hydrogen-bond acceptors (Lipinski definition) is 5. The molecule has 0 saturated heterocycles. The minimum Gasteiger partial charge on any atom is -0.493 e. The summed E-state index contributed by atoms with van der Waals surface area (Å²) in [5.41, 5.74) is 0.891. The lowest BCUT2D eigenvalue weighted by Gasteiger charge is -2.13. The van der Waals surface area contributed by atoms with E-state index in [4.69, 9.17) is 9.47 Å². The zero-order valence-electron chi connectivity index (χ0n) is 15.0. The number of guanidine groups is 1. The molecule has 0 aliphatic heterocycles. The molecule has 0 saturated carbocycles. The molecule has 0 spiro atoms. The highest BCUT2D eigenvalue weighted by atomic mass is 16.5. The predicted octanol–water partition coefficient (Wildman–Crippen LogP) is 2.15. The number of hydrogen-bond donors (Lipinski definition) is 2. The number of ether oxygens (including phenoxy) is 2. The Kier molecular flexibility index (Phi) is 7.55. The molecule has 0 amide bonds. The molecule has 0 unspecified atom stereocenters. The maximum Gasteiger partial charge on any atom is 0.195 e. The third-order valence-electron chi connectivity index (χ3n) is 3.55. The van der Waals surface area contributed by atoms with Crippen LogP contribution in [0.25, 0.3) is 0 Å². The Bertz CT molecular complexity index is 657. The molecule has 0 aliphatic carbocycles. The van der Waals surface area contributed by atoms with Gasteiger partial charge in [0.25, 0.3) is 0 Å². The molecule has 0 radical (unpaired) electrons. The van der Waals surface area contributed by atoms with Crippen LogP contribution in [0.1, 0.15) is 19.8 Å². The van der Waals surface area contributed by atoms with Crippen molar-refractivity contribution in [3.8, 4) is 11.5 Å². The zero-order valence-corrected chi connectivity index (χ0v) is 15.0. The van der Waals surface area contributed by atoms with Gasteiger partial charge < -0.3 is 24.7 Å². The first-order valence-corrected chi connectivity index (χ1v) is 8.36. The maximum absolute atomic E-state index is 5.33. The minimum absolute atomic E-state index is 0.678. The molecule has 2 rings (SSSR count). The summed E-state index contributed by atoms with van der Waals surface area (Å²) in [5, 5.41) is 14.1. The number of unbranched alkanes of at least 4 members (excludes halogenated alkanes) is 1. The van der Waals surface area contributed by atoms with E-state index in [1.165, 1.54) is 0 Å². The van der Waals surface area contributed by atoms with Gasteiger partial charge in [-0.25, -0.2) is 0 Å². The monoisotopic (exact) mass is 346 g/mol. The molecular formula is C17H26N6O2. The van der Waals surface area contributed by atoms with Gasteiger partial charge >= 0.3 is 0 Å². The first kappa shape index (κ1) is 18.6. The van der Waals surface area contributed by atoms with Crippen LogP contribution in [0.2, 0.25) is 0 Å². The highest BCUT2D eigenvalue weighted by Gasteiger charge is 2.06. The van der Waals surface area contributed by atoms with Gasteiger partial charge in [-0.2, -0.15) is 0 Å². The lowest BCUT2D eigenvalue weighted by Crippen LogP contribution is -2.30. The Hall–Kier alpha value is -2.77. The molecule has 1 heterocycles. The summed E-state index contributed by atoms with van der Waals surface area (Å²) in [6.07, 6.45) is 5.47. The van der Waals surface area contributed by atoms with Crippen LogP contribution in [0.3, 0.4) is 0 Å². The number of aliphatic imine (C=N–C) groups is 1. The summed E-state index contributed by atoms with van der Waals surface area (Å²) in [5.74, 6) is 2.13. The maximum atomic E-state index is 5.33. The van der Waals surface area contributed by atoms with Crippen molar-refractivity contribution in [3.05, 3.63) is 30.9 Å². The van der Waals surface area contributed by atoms with Crippen LogP contribution >= 0.6 is 0 Å². The van der Waals surface area contributed by atoms with Crippen molar-refractivity contribution in [3.63, 3.8) is 0 Å². The molecule has 8 nitrogen and oxygen atoms in total. The minimum atomic E-state index is 0.678. The van der Waals surface area contributed by atoms with Gasteiger partial charge in [0.05, 0.1) is 14.2 Å². The molecule has 1 aromatic carbocycles. The molecule has 0 fully saturated rings. The van der Waals surface area contributed by atoms with Crippen LogP contribution in [-0.2, 0) is 6.54 Å². The van der Waals surface area contributed by atoms with Crippen LogP contribution < -0.4 is 20.1 Å². The SMILES string of the molecule is CCNC(=NCCCCn1cnnc1)Nc1ccc(OC)c(OC)c1. The van der Waals surface area contributed by atoms with E-state index < -0.39 is 0 Å². The number of benzene rings is 1. The zero-order chi connectivity index (χ0) is 17.9. The molecule has 8 heteroatoms. The van der Waals surface area contributed by atoms with E-state index >= 15 is 0 Å². The molecule has 0 bridgehead atoms. The van der Waals surface area contributed by atoms with Gasteiger partial charge in [0.15, 0.2) is 17.5 Å². The van der Waals surface area contributed by atoms with E-state index in [9.17, 15) is 0 Å². The number of aryl methyl sites for hydroxylation is 1. The van der Waals surface area contributed by atoms with E-state index in [2.05, 4.69) is 25.8 Å². The van der Waals surface area contributed by atoms with E-state index in [1.807, 2.05) is 29.7 Å². The molecule has 0 atom stereocenters. The van der Waals surface area contributed by atoms with Crippen molar-refractivity contribution in [1.29, 1.82) is 0 Å².